The highest BCUT2D eigenvalue weighted by Gasteiger charge is 2.48. The lowest BCUT2D eigenvalue weighted by atomic mass is 9.86. The van der Waals surface area contributed by atoms with Gasteiger partial charge in [-0.15, -0.1) is 0 Å². The average Bonchev–Trinajstić information content (AvgIpc) is 2.45. The number of carbonyl (C=O) groups excluding carboxylic acids is 2. The summed E-state index contributed by atoms with van der Waals surface area (Å²) in [5, 5.41) is 2.91. The van der Waals surface area contributed by atoms with Gasteiger partial charge < -0.3 is 15.0 Å². The summed E-state index contributed by atoms with van der Waals surface area (Å²) in [7, 11) is 0. The van der Waals surface area contributed by atoms with Crippen molar-refractivity contribution in [2.45, 2.75) is 59.0 Å². The van der Waals surface area contributed by atoms with Gasteiger partial charge >= 0.3 is 0 Å². The van der Waals surface area contributed by atoms with Crippen molar-refractivity contribution < 1.29 is 14.3 Å². The molecule has 1 aliphatic rings. The minimum atomic E-state index is -0.766. The Bertz CT molecular complexity index is 359. The number of piperazine rings is 1. The molecule has 1 aliphatic heterocycles. The molecular formula is C15H28N2O3. The van der Waals surface area contributed by atoms with Crippen LogP contribution in [0.1, 0.15) is 47.5 Å². The Labute approximate surface area is 122 Å². The molecule has 116 valence electrons. The second-order valence-electron chi connectivity index (χ2n) is 5.65. The van der Waals surface area contributed by atoms with Crippen LogP contribution >= 0.6 is 0 Å². The van der Waals surface area contributed by atoms with Crippen molar-refractivity contribution >= 4 is 11.8 Å². The van der Waals surface area contributed by atoms with Crippen molar-refractivity contribution in [2.24, 2.45) is 5.92 Å². The van der Waals surface area contributed by atoms with Crippen LogP contribution in [0.3, 0.4) is 0 Å². The maximum absolute atomic E-state index is 12.7. The Morgan fingerprint density at radius 3 is 2.50 bits per heavy atom. The van der Waals surface area contributed by atoms with E-state index in [2.05, 4.69) is 5.32 Å². The third kappa shape index (κ3) is 3.14. The number of rotatable bonds is 7. The molecule has 0 aliphatic carbocycles. The van der Waals surface area contributed by atoms with Crippen molar-refractivity contribution in [3.63, 3.8) is 0 Å². The highest BCUT2D eigenvalue weighted by atomic mass is 16.5. The number of hydrogen-bond donors (Lipinski definition) is 1. The predicted octanol–water partition coefficient (Wildman–Crippen LogP) is 1.56. The van der Waals surface area contributed by atoms with Crippen LogP contribution in [0.15, 0.2) is 0 Å². The molecular weight excluding hydrogens is 256 g/mol. The van der Waals surface area contributed by atoms with Gasteiger partial charge in [0.05, 0.1) is 6.61 Å². The molecule has 1 fully saturated rings. The van der Waals surface area contributed by atoms with Crippen molar-refractivity contribution in [1.82, 2.24) is 10.2 Å². The lowest BCUT2D eigenvalue weighted by molar-refractivity contribution is -0.159. The molecule has 0 spiro atoms. The summed E-state index contributed by atoms with van der Waals surface area (Å²) >= 11 is 0. The van der Waals surface area contributed by atoms with Gasteiger partial charge in [-0.3, -0.25) is 9.59 Å². The van der Waals surface area contributed by atoms with Crippen LogP contribution in [-0.4, -0.2) is 48.1 Å². The van der Waals surface area contributed by atoms with E-state index in [0.717, 1.165) is 6.42 Å². The summed E-state index contributed by atoms with van der Waals surface area (Å²) in [6, 6.07) is -0.409. The fraction of sp³-hybridized carbons (Fsp3) is 0.867. The highest BCUT2D eigenvalue weighted by Crippen LogP contribution is 2.27. The standard InChI is InChI=1S/C15H28N2O3/c1-6-11(4)12-13(18)17(9-10-20-8-3)15(5,7-2)14(19)16-12/h11-12H,6-10H2,1-5H3,(H,16,19). The molecule has 1 heterocycles. The SMILES string of the molecule is CCOCCN1C(=O)C(C(C)CC)NC(=O)C1(C)CC. The van der Waals surface area contributed by atoms with E-state index in [1.807, 2.05) is 34.6 Å². The van der Waals surface area contributed by atoms with Crippen LogP contribution in [0, 0.1) is 5.92 Å². The molecule has 3 atom stereocenters. The molecule has 0 saturated carbocycles. The van der Waals surface area contributed by atoms with Gasteiger partial charge in [-0.1, -0.05) is 27.2 Å². The van der Waals surface area contributed by atoms with Crippen molar-refractivity contribution in [3.05, 3.63) is 0 Å². The van der Waals surface area contributed by atoms with E-state index in [1.165, 1.54) is 0 Å². The van der Waals surface area contributed by atoms with E-state index in [-0.39, 0.29) is 17.7 Å². The summed E-state index contributed by atoms with van der Waals surface area (Å²) in [6.07, 6.45) is 1.46. The van der Waals surface area contributed by atoms with E-state index in [1.54, 1.807) is 4.90 Å². The van der Waals surface area contributed by atoms with E-state index in [4.69, 9.17) is 4.74 Å². The van der Waals surface area contributed by atoms with Crippen LogP contribution in [0.5, 0.6) is 0 Å². The summed E-state index contributed by atoms with van der Waals surface area (Å²) in [5.74, 6) is 0.104. The van der Waals surface area contributed by atoms with Gasteiger partial charge in [0.15, 0.2) is 0 Å². The fourth-order valence-electron chi connectivity index (χ4n) is 2.52. The predicted molar refractivity (Wildman–Crippen MR) is 78.3 cm³/mol. The number of ether oxygens (including phenoxy) is 1. The Morgan fingerprint density at radius 2 is 2.00 bits per heavy atom. The molecule has 2 amide bonds. The molecule has 1 rings (SSSR count). The summed E-state index contributed by atoms with van der Waals surface area (Å²) in [4.78, 5) is 26.8. The number of nitrogens with zero attached hydrogens (tertiary/aromatic N) is 1. The summed E-state index contributed by atoms with van der Waals surface area (Å²) in [6.45, 7) is 11.3. The number of nitrogens with one attached hydrogen (secondary N) is 1. The van der Waals surface area contributed by atoms with Crippen LogP contribution in [0.4, 0.5) is 0 Å². The second kappa shape index (κ2) is 7.07. The lowest BCUT2D eigenvalue weighted by Gasteiger charge is -2.47. The first-order valence-corrected chi connectivity index (χ1v) is 7.62. The molecule has 3 unspecified atom stereocenters. The van der Waals surface area contributed by atoms with Gasteiger partial charge in [-0.2, -0.15) is 0 Å². The average molecular weight is 284 g/mol. The quantitative estimate of drug-likeness (QED) is 0.722. The molecule has 0 bridgehead atoms. The van der Waals surface area contributed by atoms with E-state index < -0.39 is 11.6 Å². The van der Waals surface area contributed by atoms with Gasteiger partial charge in [-0.05, 0) is 26.2 Å². The van der Waals surface area contributed by atoms with Crippen molar-refractivity contribution in [2.75, 3.05) is 19.8 Å². The lowest BCUT2D eigenvalue weighted by Crippen LogP contribution is -2.70. The van der Waals surface area contributed by atoms with Crippen LogP contribution < -0.4 is 5.32 Å². The summed E-state index contributed by atoms with van der Waals surface area (Å²) < 4.78 is 5.35. The third-order valence-electron chi connectivity index (χ3n) is 4.47. The molecule has 5 heteroatoms. The maximum atomic E-state index is 12.7. The zero-order chi connectivity index (χ0) is 15.3. The molecule has 0 radical (unpaired) electrons. The highest BCUT2D eigenvalue weighted by molar-refractivity contribution is 5.99. The van der Waals surface area contributed by atoms with Crippen LogP contribution in [-0.2, 0) is 14.3 Å². The Morgan fingerprint density at radius 1 is 1.35 bits per heavy atom. The first-order chi connectivity index (χ1) is 9.42. The molecule has 1 saturated heterocycles. The zero-order valence-corrected chi connectivity index (χ0v) is 13.4. The second-order valence-corrected chi connectivity index (χ2v) is 5.65. The molecule has 1 N–H and O–H groups in total. The first-order valence-electron chi connectivity index (χ1n) is 7.62. The molecule has 5 nitrogen and oxygen atoms in total. The molecule has 20 heavy (non-hydrogen) atoms. The zero-order valence-electron chi connectivity index (χ0n) is 13.4. The Hall–Kier alpha value is -1.10. The van der Waals surface area contributed by atoms with Crippen LogP contribution in [0.25, 0.3) is 0 Å². The first kappa shape index (κ1) is 17.0. The summed E-state index contributed by atoms with van der Waals surface area (Å²) in [5.41, 5.74) is -0.766. The molecule has 0 aromatic rings. The van der Waals surface area contributed by atoms with Gasteiger partial charge in [0.25, 0.3) is 0 Å². The minimum absolute atomic E-state index is 0.0167. The molecule has 0 aromatic heterocycles. The van der Waals surface area contributed by atoms with E-state index >= 15 is 0 Å². The van der Waals surface area contributed by atoms with Crippen molar-refractivity contribution in [3.8, 4) is 0 Å². The number of amides is 2. The number of carbonyl (C=O) groups is 2. The topological polar surface area (TPSA) is 58.6 Å². The Kier molecular flexibility index (Phi) is 5.99. The van der Waals surface area contributed by atoms with Gasteiger partial charge in [0.2, 0.25) is 11.8 Å². The monoisotopic (exact) mass is 284 g/mol. The number of hydrogen-bond acceptors (Lipinski definition) is 3. The smallest absolute Gasteiger partial charge is 0.246 e. The van der Waals surface area contributed by atoms with Gasteiger partial charge in [0.1, 0.15) is 11.6 Å². The normalized spacial score (nSPS) is 28.4. The van der Waals surface area contributed by atoms with Gasteiger partial charge in [-0.25, -0.2) is 0 Å². The van der Waals surface area contributed by atoms with E-state index in [9.17, 15) is 9.59 Å². The largest absolute Gasteiger partial charge is 0.380 e. The van der Waals surface area contributed by atoms with Crippen molar-refractivity contribution in [1.29, 1.82) is 0 Å². The molecule has 0 aromatic carbocycles. The maximum Gasteiger partial charge on any atom is 0.246 e. The van der Waals surface area contributed by atoms with Crippen LogP contribution in [0.2, 0.25) is 0 Å². The Balaban J connectivity index is 2.95. The fourth-order valence-corrected chi connectivity index (χ4v) is 2.52. The van der Waals surface area contributed by atoms with E-state index in [0.29, 0.717) is 26.2 Å². The minimum Gasteiger partial charge on any atom is -0.380 e. The third-order valence-corrected chi connectivity index (χ3v) is 4.47. The van der Waals surface area contributed by atoms with Gasteiger partial charge in [0, 0.05) is 13.2 Å².